The van der Waals surface area contributed by atoms with Crippen molar-refractivity contribution in [3.63, 3.8) is 0 Å². The Kier molecular flexibility index (Phi) is 3.71. The van der Waals surface area contributed by atoms with Crippen molar-refractivity contribution in [3.05, 3.63) is 46.0 Å². The van der Waals surface area contributed by atoms with E-state index >= 15 is 0 Å². The van der Waals surface area contributed by atoms with Crippen LogP contribution in [0.3, 0.4) is 0 Å². The van der Waals surface area contributed by atoms with Crippen LogP contribution in [0.25, 0.3) is 0 Å². The van der Waals surface area contributed by atoms with Crippen LogP contribution in [-0.2, 0) is 6.61 Å². The van der Waals surface area contributed by atoms with E-state index in [-0.39, 0.29) is 18.3 Å². The lowest BCUT2D eigenvalue weighted by atomic mass is 10.3. The van der Waals surface area contributed by atoms with Gasteiger partial charge in [-0.15, -0.1) is 0 Å². The highest BCUT2D eigenvalue weighted by atomic mass is 16.6. The summed E-state index contributed by atoms with van der Waals surface area (Å²) in [6.07, 6.45) is 0. The third-order valence-corrected chi connectivity index (χ3v) is 2.36. The summed E-state index contributed by atoms with van der Waals surface area (Å²) in [5.41, 5.74) is 5.60. The van der Waals surface area contributed by atoms with Gasteiger partial charge in [0, 0.05) is 6.07 Å². The number of aromatic nitrogens is 3. The number of nitrogens with one attached hydrogen (secondary N) is 1. The van der Waals surface area contributed by atoms with E-state index < -0.39 is 4.92 Å². The van der Waals surface area contributed by atoms with Gasteiger partial charge in [0.1, 0.15) is 12.4 Å². The molecule has 8 nitrogen and oxygen atoms in total. The van der Waals surface area contributed by atoms with Gasteiger partial charge in [-0.1, -0.05) is 6.07 Å². The summed E-state index contributed by atoms with van der Waals surface area (Å²) in [5.74, 6) is 1.41. The minimum atomic E-state index is -0.477. The first-order chi connectivity index (χ1) is 9.06. The maximum absolute atomic E-state index is 10.6. The smallest absolute Gasteiger partial charge is 0.273 e. The number of rotatable bonds is 5. The molecule has 0 unspecified atom stereocenters. The van der Waals surface area contributed by atoms with E-state index in [0.29, 0.717) is 17.4 Å². The molecule has 1 aromatic carbocycles. The maximum Gasteiger partial charge on any atom is 0.273 e. The lowest BCUT2D eigenvalue weighted by molar-refractivity contribution is -0.384. The van der Waals surface area contributed by atoms with E-state index in [1.807, 2.05) is 0 Å². The molecule has 2 rings (SSSR count). The molecule has 8 heteroatoms. The number of ether oxygens (including phenoxy) is 1. The van der Waals surface area contributed by atoms with Crippen molar-refractivity contribution in [1.29, 1.82) is 0 Å². The highest BCUT2D eigenvalue weighted by Crippen LogP contribution is 2.19. The first kappa shape index (κ1) is 13.0. The molecule has 0 fully saturated rings. The Morgan fingerprint density at radius 1 is 1.58 bits per heavy atom. The Morgan fingerprint density at radius 2 is 2.37 bits per heavy atom. The standard InChI is InChI=1S/C11H13N5O3/c1-7(12)11-13-10(14-15-11)6-19-9-4-2-3-8(5-9)16(17)18/h2-5,7H,6,12H2,1H3,(H,13,14,15)/t7-/m0/s1. The number of hydrogen-bond donors (Lipinski definition) is 2. The van der Waals surface area contributed by atoms with E-state index in [1.165, 1.54) is 12.1 Å². The molecule has 0 aliphatic carbocycles. The molecule has 1 atom stereocenters. The molecule has 2 aromatic rings. The Morgan fingerprint density at radius 3 is 3.00 bits per heavy atom. The van der Waals surface area contributed by atoms with Crippen molar-refractivity contribution in [2.24, 2.45) is 5.73 Å². The number of hydrogen-bond acceptors (Lipinski definition) is 6. The average molecular weight is 263 g/mol. The zero-order valence-corrected chi connectivity index (χ0v) is 10.2. The van der Waals surface area contributed by atoms with E-state index in [4.69, 9.17) is 10.5 Å². The van der Waals surface area contributed by atoms with Crippen LogP contribution in [0.5, 0.6) is 5.75 Å². The zero-order valence-electron chi connectivity index (χ0n) is 10.2. The van der Waals surface area contributed by atoms with Gasteiger partial charge in [-0.3, -0.25) is 15.2 Å². The molecule has 0 saturated carbocycles. The fourth-order valence-electron chi connectivity index (χ4n) is 1.42. The molecule has 0 amide bonds. The van der Waals surface area contributed by atoms with Gasteiger partial charge in [-0.05, 0) is 13.0 Å². The fourth-order valence-corrected chi connectivity index (χ4v) is 1.42. The SMILES string of the molecule is C[C@H](N)c1n[nH]c(COc2cccc([N+](=O)[O-])c2)n1. The van der Waals surface area contributed by atoms with E-state index in [9.17, 15) is 10.1 Å². The normalized spacial score (nSPS) is 12.1. The zero-order chi connectivity index (χ0) is 13.8. The van der Waals surface area contributed by atoms with Crippen molar-refractivity contribution < 1.29 is 9.66 Å². The van der Waals surface area contributed by atoms with Crippen molar-refractivity contribution in [2.45, 2.75) is 19.6 Å². The first-order valence-electron chi connectivity index (χ1n) is 5.60. The Bertz CT molecular complexity index is 581. The third kappa shape index (κ3) is 3.26. The minimum Gasteiger partial charge on any atom is -0.485 e. The second-order valence-corrected chi connectivity index (χ2v) is 3.97. The van der Waals surface area contributed by atoms with Gasteiger partial charge >= 0.3 is 0 Å². The summed E-state index contributed by atoms with van der Waals surface area (Å²) >= 11 is 0. The van der Waals surface area contributed by atoms with Crippen LogP contribution in [0.15, 0.2) is 24.3 Å². The van der Waals surface area contributed by atoms with E-state index in [2.05, 4.69) is 15.2 Å². The van der Waals surface area contributed by atoms with Crippen LogP contribution < -0.4 is 10.5 Å². The van der Waals surface area contributed by atoms with E-state index in [0.717, 1.165) is 0 Å². The van der Waals surface area contributed by atoms with Gasteiger partial charge in [0.05, 0.1) is 17.0 Å². The molecule has 100 valence electrons. The number of nitro groups is 1. The molecule has 0 saturated heterocycles. The summed E-state index contributed by atoms with van der Waals surface area (Å²) in [6, 6.07) is 5.68. The van der Waals surface area contributed by atoms with Gasteiger partial charge in [-0.2, -0.15) is 5.10 Å². The molecule has 0 radical (unpaired) electrons. The molecule has 0 aliphatic heterocycles. The number of benzene rings is 1. The topological polar surface area (TPSA) is 120 Å². The van der Waals surface area contributed by atoms with Crippen LogP contribution >= 0.6 is 0 Å². The number of non-ortho nitro benzene ring substituents is 1. The molecule has 0 spiro atoms. The second kappa shape index (κ2) is 5.44. The summed E-state index contributed by atoms with van der Waals surface area (Å²) in [6.45, 7) is 1.91. The van der Waals surface area contributed by atoms with Gasteiger partial charge in [-0.25, -0.2) is 4.98 Å². The second-order valence-electron chi connectivity index (χ2n) is 3.97. The number of nitrogens with two attached hydrogens (primary N) is 1. The molecule has 0 aliphatic rings. The predicted octanol–water partition coefficient (Wildman–Crippen LogP) is 1.31. The maximum atomic E-state index is 10.6. The van der Waals surface area contributed by atoms with Crippen molar-refractivity contribution >= 4 is 5.69 Å². The van der Waals surface area contributed by atoms with Gasteiger partial charge in [0.2, 0.25) is 0 Å². The van der Waals surface area contributed by atoms with Crippen molar-refractivity contribution in [2.75, 3.05) is 0 Å². The van der Waals surface area contributed by atoms with Crippen LogP contribution in [0.1, 0.15) is 24.6 Å². The van der Waals surface area contributed by atoms with Crippen LogP contribution in [-0.4, -0.2) is 20.1 Å². The number of nitro benzene ring substituents is 1. The molecule has 19 heavy (non-hydrogen) atoms. The lowest BCUT2D eigenvalue weighted by Gasteiger charge is -2.03. The lowest BCUT2D eigenvalue weighted by Crippen LogP contribution is -2.07. The molecular formula is C11H13N5O3. The van der Waals surface area contributed by atoms with Crippen molar-refractivity contribution in [3.8, 4) is 5.75 Å². The Labute approximate surface area is 108 Å². The Hall–Kier alpha value is -2.48. The largest absolute Gasteiger partial charge is 0.485 e. The number of nitrogens with zero attached hydrogens (tertiary/aromatic N) is 3. The quantitative estimate of drug-likeness (QED) is 0.619. The highest BCUT2D eigenvalue weighted by Gasteiger charge is 2.09. The van der Waals surface area contributed by atoms with Crippen LogP contribution in [0.4, 0.5) is 5.69 Å². The number of H-pyrrole nitrogens is 1. The van der Waals surface area contributed by atoms with Gasteiger partial charge < -0.3 is 10.5 Å². The molecular weight excluding hydrogens is 250 g/mol. The van der Waals surface area contributed by atoms with Gasteiger partial charge in [0.15, 0.2) is 11.6 Å². The molecule has 1 heterocycles. The molecule has 1 aromatic heterocycles. The predicted molar refractivity (Wildman–Crippen MR) is 66.4 cm³/mol. The highest BCUT2D eigenvalue weighted by molar-refractivity contribution is 5.37. The average Bonchev–Trinajstić information content (AvgIpc) is 2.85. The van der Waals surface area contributed by atoms with Crippen LogP contribution in [0, 0.1) is 10.1 Å². The first-order valence-corrected chi connectivity index (χ1v) is 5.60. The number of aromatic amines is 1. The monoisotopic (exact) mass is 263 g/mol. The van der Waals surface area contributed by atoms with E-state index in [1.54, 1.807) is 19.1 Å². The van der Waals surface area contributed by atoms with Crippen LogP contribution in [0.2, 0.25) is 0 Å². The molecule has 3 N–H and O–H groups in total. The summed E-state index contributed by atoms with van der Waals surface area (Å²) in [4.78, 5) is 14.3. The molecule has 0 bridgehead atoms. The van der Waals surface area contributed by atoms with Crippen molar-refractivity contribution in [1.82, 2.24) is 15.2 Å². The summed E-state index contributed by atoms with van der Waals surface area (Å²) in [5, 5.41) is 17.2. The summed E-state index contributed by atoms with van der Waals surface area (Å²) in [7, 11) is 0. The minimum absolute atomic E-state index is 0.0219. The summed E-state index contributed by atoms with van der Waals surface area (Å²) < 4.78 is 5.40. The fraction of sp³-hybridized carbons (Fsp3) is 0.273. The van der Waals surface area contributed by atoms with Gasteiger partial charge in [0.25, 0.3) is 5.69 Å². The third-order valence-electron chi connectivity index (χ3n) is 2.36. The Balaban J connectivity index is 2.01.